The maximum Gasteiger partial charge on any atom is 0.323 e. The van der Waals surface area contributed by atoms with E-state index >= 15 is 0 Å². The van der Waals surface area contributed by atoms with Crippen LogP contribution < -0.4 is 0 Å². The molecule has 0 saturated heterocycles. The van der Waals surface area contributed by atoms with E-state index in [0.29, 0.717) is 0 Å². The molecule has 0 spiro atoms. The van der Waals surface area contributed by atoms with Crippen LogP contribution in [0.4, 0.5) is 0 Å². The third-order valence-corrected chi connectivity index (χ3v) is 1.38. The maximum absolute atomic E-state index is 10.1. The molecule has 11 heavy (non-hydrogen) atoms. The average Bonchev–Trinajstić information content (AvgIpc) is 1.97. The first-order valence-electron chi connectivity index (χ1n) is 2.63. The van der Waals surface area contributed by atoms with Gasteiger partial charge in [-0.3, -0.25) is 9.59 Å². The second-order valence-corrected chi connectivity index (χ2v) is 2.12. The Labute approximate surface area is 71.1 Å². The highest BCUT2D eigenvalue weighted by Gasteiger charge is 2.04. The summed E-state index contributed by atoms with van der Waals surface area (Å²) in [5.74, 6) is -1.02. The largest absolute Gasteiger partial charge is 0.481 e. The van der Waals surface area contributed by atoms with Crippen molar-refractivity contribution >= 4 is 34.1 Å². The zero-order chi connectivity index (χ0) is 8.69. The molecule has 1 N–H and O–H groups in total. The predicted octanol–water partition coefficient (Wildman–Crippen LogP) is 0.385. The van der Waals surface area contributed by atoms with Crippen molar-refractivity contribution in [3.63, 3.8) is 0 Å². The molecule has 0 bridgehead atoms. The fourth-order valence-electron chi connectivity index (χ4n) is 0.375. The van der Waals surface area contributed by atoms with Gasteiger partial charge in [0.15, 0.2) is 0 Å². The monoisotopic (exact) mass is 223 g/mol. The van der Waals surface area contributed by atoms with Gasteiger partial charge in [0.1, 0.15) is 0 Å². The topological polar surface area (TPSA) is 76.0 Å². The number of carboxylic acids is 1. The third-order valence-electron chi connectivity index (χ3n) is 0.734. The van der Waals surface area contributed by atoms with Crippen molar-refractivity contribution < 1.29 is 19.5 Å². The van der Waals surface area contributed by atoms with Crippen molar-refractivity contribution in [2.24, 2.45) is 5.16 Å². The fraction of sp³-hybridized carbons (Fsp3) is 0.400. The number of carbonyl (C=O) groups excluding carboxylic acids is 1. The van der Waals surface area contributed by atoms with Crippen LogP contribution in [-0.2, 0) is 14.4 Å². The highest BCUT2D eigenvalue weighted by atomic mass is 79.9. The van der Waals surface area contributed by atoms with Gasteiger partial charge >= 0.3 is 12.4 Å². The number of aliphatic carboxylic acids is 1. The van der Waals surface area contributed by atoms with Crippen molar-refractivity contribution in [2.75, 3.05) is 5.33 Å². The summed E-state index contributed by atoms with van der Waals surface area (Å²) in [6.07, 6.45) is -0.237. The van der Waals surface area contributed by atoms with Gasteiger partial charge in [-0.15, -0.1) is 0 Å². The molecule has 5 nitrogen and oxygen atoms in total. The molecular formula is C5H6BrNO4. The molecule has 0 aromatic heterocycles. The number of hydrogen-bond donors (Lipinski definition) is 1. The molecule has 6 heteroatoms. The van der Waals surface area contributed by atoms with E-state index in [1.54, 1.807) is 0 Å². The van der Waals surface area contributed by atoms with E-state index in [-0.39, 0.29) is 23.9 Å². The highest BCUT2D eigenvalue weighted by molar-refractivity contribution is 9.09. The van der Waals surface area contributed by atoms with E-state index in [1.807, 2.05) is 0 Å². The maximum atomic E-state index is 10.1. The number of hydrogen-bond acceptors (Lipinski definition) is 4. The zero-order valence-corrected chi connectivity index (χ0v) is 7.07. The summed E-state index contributed by atoms with van der Waals surface area (Å²) < 4.78 is 0. The van der Waals surface area contributed by atoms with Gasteiger partial charge in [0.05, 0.1) is 12.1 Å². The summed E-state index contributed by atoms with van der Waals surface area (Å²) >= 11 is 2.98. The summed E-state index contributed by atoms with van der Waals surface area (Å²) in [7, 11) is 0. The van der Waals surface area contributed by atoms with Gasteiger partial charge in [0, 0.05) is 5.33 Å². The van der Waals surface area contributed by atoms with Gasteiger partial charge in [0.2, 0.25) is 0 Å². The number of carboxylic acid groups (broad SMARTS) is 1. The minimum absolute atomic E-state index is 0.129. The van der Waals surface area contributed by atoms with Crippen molar-refractivity contribution in [3.05, 3.63) is 0 Å². The lowest BCUT2D eigenvalue weighted by Crippen LogP contribution is -2.08. The molecule has 0 atom stereocenters. The normalized spacial score (nSPS) is 10.8. The van der Waals surface area contributed by atoms with Gasteiger partial charge in [-0.2, -0.15) is 0 Å². The van der Waals surface area contributed by atoms with Crippen LogP contribution in [0.3, 0.4) is 0 Å². The molecule has 0 aliphatic rings. The van der Waals surface area contributed by atoms with Crippen LogP contribution in [0.2, 0.25) is 0 Å². The van der Waals surface area contributed by atoms with Crippen LogP contribution in [0.15, 0.2) is 5.16 Å². The Morgan fingerprint density at radius 3 is 2.73 bits per heavy atom. The van der Waals surface area contributed by atoms with E-state index in [0.717, 1.165) is 0 Å². The molecule has 0 aromatic rings. The Hall–Kier alpha value is -0.910. The molecule has 62 valence electrons. The summed E-state index contributed by atoms with van der Waals surface area (Å²) in [5.41, 5.74) is 0.254. The number of alkyl halides is 1. The lowest BCUT2D eigenvalue weighted by Gasteiger charge is -1.94. The summed E-state index contributed by atoms with van der Waals surface area (Å²) in [6, 6.07) is 0. The van der Waals surface area contributed by atoms with E-state index in [4.69, 9.17) is 5.11 Å². The number of halogens is 1. The van der Waals surface area contributed by atoms with Crippen LogP contribution in [0.1, 0.15) is 6.42 Å². The molecule has 0 aromatic carbocycles. The second-order valence-electron chi connectivity index (χ2n) is 1.56. The molecular weight excluding hydrogens is 218 g/mol. The lowest BCUT2D eigenvalue weighted by molar-refractivity contribution is -0.136. The van der Waals surface area contributed by atoms with Gasteiger partial charge in [-0.25, -0.2) is 0 Å². The van der Waals surface area contributed by atoms with Gasteiger partial charge in [-0.1, -0.05) is 21.1 Å². The standard InChI is InChI=1S/C5H6BrNO4/c6-2-4(1-5(9)10)7-11-3-8/h3H,1-2H2,(H,9,10). The Balaban J connectivity index is 3.92. The number of rotatable bonds is 5. The van der Waals surface area contributed by atoms with Crippen LogP contribution in [-0.4, -0.2) is 28.6 Å². The van der Waals surface area contributed by atoms with Crippen molar-refractivity contribution in [3.8, 4) is 0 Å². The molecule has 0 aliphatic heterocycles. The molecule has 0 radical (unpaired) electrons. The lowest BCUT2D eigenvalue weighted by atomic mass is 10.3. The Morgan fingerprint density at radius 1 is 1.73 bits per heavy atom. The number of nitrogens with zero attached hydrogens (tertiary/aromatic N) is 1. The zero-order valence-electron chi connectivity index (χ0n) is 5.49. The van der Waals surface area contributed by atoms with Gasteiger partial charge < -0.3 is 9.94 Å². The first-order valence-corrected chi connectivity index (χ1v) is 3.75. The van der Waals surface area contributed by atoms with Crippen LogP contribution in [0.25, 0.3) is 0 Å². The van der Waals surface area contributed by atoms with E-state index in [1.165, 1.54) is 0 Å². The number of oxime groups is 1. The summed E-state index contributed by atoms with van der Waals surface area (Å²) in [4.78, 5) is 23.7. The third kappa shape index (κ3) is 5.53. The minimum atomic E-state index is -1.02. The van der Waals surface area contributed by atoms with Gasteiger partial charge in [-0.05, 0) is 0 Å². The first-order chi connectivity index (χ1) is 5.20. The van der Waals surface area contributed by atoms with Crippen molar-refractivity contribution in [1.82, 2.24) is 0 Å². The van der Waals surface area contributed by atoms with Crippen LogP contribution in [0, 0.1) is 0 Å². The number of carbonyl (C=O) groups is 2. The average molecular weight is 224 g/mol. The van der Waals surface area contributed by atoms with Crippen LogP contribution >= 0.6 is 15.9 Å². The minimum Gasteiger partial charge on any atom is -0.481 e. The predicted molar refractivity (Wildman–Crippen MR) is 40.6 cm³/mol. The van der Waals surface area contributed by atoms with E-state index in [9.17, 15) is 9.59 Å². The van der Waals surface area contributed by atoms with Crippen molar-refractivity contribution in [2.45, 2.75) is 6.42 Å². The Morgan fingerprint density at radius 2 is 2.36 bits per heavy atom. The molecule has 0 saturated carbocycles. The quantitative estimate of drug-likeness (QED) is 0.241. The SMILES string of the molecule is O=CON=C(CBr)CC(=O)O. The fourth-order valence-corrected chi connectivity index (χ4v) is 0.675. The molecule has 0 amide bonds. The second kappa shape index (κ2) is 5.84. The molecule has 0 aliphatic carbocycles. The van der Waals surface area contributed by atoms with Crippen molar-refractivity contribution in [1.29, 1.82) is 0 Å². The van der Waals surface area contributed by atoms with Gasteiger partial charge in [0.25, 0.3) is 0 Å². The van der Waals surface area contributed by atoms with E-state index in [2.05, 4.69) is 25.9 Å². The molecule has 0 unspecified atom stereocenters. The summed E-state index contributed by atoms with van der Waals surface area (Å²) in [5, 5.41) is 11.8. The Bertz CT molecular complexity index is 179. The van der Waals surface area contributed by atoms with E-state index < -0.39 is 5.97 Å². The first kappa shape index (κ1) is 10.1. The highest BCUT2D eigenvalue weighted by Crippen LogP contribution is 1.93. The molecule has 0 fully saturated rings. The molecule has 0 heterocycles. The summed E-state index contributed by atoms with van der Waals surface area (Å²) in [6.45, 7) is 0.129. The Kier molecular flexibility index (Phi) is 5.36. The molecule has 0 rings (SSSR count). The smallest absolute Gasteiger partial charge is 0.323 e. The van der Waals surface area contributed by atoms with Crippen LogP contribution in [0.5, 0.6) is 0 Å².